The second-order valence-electron chi connectivity index (χ2n) is 4.15. The van der Waals surface area contributed by atoms with Gasteiger partial charge in [0.15, 0.2) is 5.82 Å². The quantitative estimate of drug-likeness (QED) is 0.917. The van der Waals surface area contributed by atoms with Gasteiger partial charge >= 0.3 is 0 Å². The normalized spacial score (nSPS) is 10.4. The van der Waals surface area contributed by atoms with Crippen LogP contribution < -0.4 is 10.6 Å². The van der Waals surface area contributed by atoms with E-state index in [0.717, 1.165) is 12.1 Å². The number of nitrogen functional groups attached to an aromatic ring is 1. The zero-order chi connectivity index (χ0) is 13.1. The molecule has 2 N–H and O–H groups in total. The molecule has 18 heavy (non-hydrogen) atoms. The van der Waals surface area contributed by atoms with Crippen LogP contribution in [0.5, 0.6) is 0 Å². The fourth-order valence-corrected chi connectivity index (χ4v) is 2.07. The molecule has 1 aromatic heterocycles. The highest BCUT2D eigenvalue weighted by Gasteiger charge is 2.09. The zero-order valence-corrected chi connectivity index (χ0v) is 11.3. The summed E-state index contributed by atoms with van der Waals surface area (Å²) in [5, 5.41) is 0.553. The third kappa shape index (κ3) is 2.57. The summed E-state index contributed by atoms with van der Waals surface area (Å²) >= 11 is 6.15. The lowest BCUT2D eigenvalue weighted by atomic mass is 10.1. The van der Waals surface area contributed by atoms with Crippen LogP contribution in [0, 0.1) is 0 Å². The molecule has 2 aromatic rings. The van der Waals surface area contributed by atoms with E-state index in [9.17, 15) is 0 Å². The third-order valence-electron chi connectivity index (χ3n) is 2.89. The molecule has 2 rings (SSSR count). The standard InChI is InChI=1S/C14H16ClN3/c1-3-10-4-6-12(7-5-10)18(2)14-13(15)8-11(16)9-17-14/h4-9H,3,16H2,1-2H3. The first-order valence-electron chi connectivity index (χ1n) is 5.85. The number of benzene rings is 1. The number of rotatable bonds is 3. The maximum Gasteiger partial charge on any atom is 0.151 e. The Kier molecular flexibility index (Phi) is 3.72. The number of halogens is 1. The molecule has 0 fully saturated rings. The molecule has 0 amide bonds. The molecule has 1 heterocycles. The van der Waals surface area contributed by atoms with Gasteiger partial charge in [0.05, 0.1) is 16.9 Å². The minimum Gasteiger partial charge on any atom is -0.397 e. The summed E-state index contributed by atoms with van der Waals surface area (Å²) in [6, 6.07) is 10.1. The van der Waals surface area contributed by atoms with Crippen molar-refractivity contribution in [3.05, 3.63) is 47.1 Å². The molecule has 0 aliphatic rings. The first-order valence-corrected chi connectivity index (χ1v) is 6.23. The minimum absolute atomic E-state index is 0.553. The maximum atomic E-state index is 6.15. The van der Waals surface area contributed by atoms with E-state index in [1.807, 2.05) is 11.9 Å². The minimum atomic E-state index is 0.553. The van der Waals surface area contributed by atoms with E-state index in [2.05, 4.69) is 36.2 Å². The molecular weight excluding hydrogens is 246 g/mol. The molecule has 0 saturated carbocycles. The highest BCUT2D eigenvalue weighted by atomic mass is 35.5. The number of nitrogens with two attached hydrogens (primary N) is 1. The van der Waals surface area contributed by atoms with Crippen LogP contribution in [0.3, 0.4) is 0 Å². The van der Waals surface area contributed by atoms with Crippen molar-refractivity contribution in [2.24, 2.45) is 0 Å². The summed E-state index contributed by atoms with van der Waals surface area (Å²) in [6.45, 7) is 2.14. The topological polar surface area (TPSA) is 42.2 Å². The molecule has 1 aromatic carbocycles. The lowest BCUT2D eigenvalue weighted by Gasteiger charge is -2.19. The summed E-state index contributed by atoms with van der Waals surface area (Å²) < 4.78 is 0. The smallest absolute Gasteiger partial charge is 0.151 e. The van der Waals surface area contributed by atoms with Gasteiger partial charge in [0.1, 0.15) is 0 Å². The number of aromatic nitrogens is 1. The number of hydrogen-bond donors (Lipinski definition) is 1. The Morgan fingerprint density at radius 3 is 2.50 bits per heavy atom. The van der Waals surface area contributed by atoms with Crippen LogP contribution in [-0.4, -0.2) is 12.0 Å². The molecule has 0 unspecified atom stereocenters. The van der Waals surface area contributed by atoms with Crippen LogP contribution in [0.15, 0.2) is 36.5 Å². The van der Waals surface area contributed by atoms with E-state index >= 15 is 0 Å². The fourth-order valence-electron chi connectivity index (χ4n) is 1.77. The van der Waals surface area contributed by atoms with Crippen molar-refractivity contribution in [1.82, 2.24) is 4.98 Å². The van der Waals surface area contributed by atoms with E-state index in [1.165, 1.54) is 5.56 Å². The molecular formula is C14H16ClN3. The second kappa shape index (κ2) is 5.27. The summed E-state index contributed by atoms with van der Waals surface area (Å²) in [5.74, 6) is 0.704. The van der Waals surface area contributed by atoms with Crippen molar-refractivity contribution in [2.75, 3.05) is 17.7 Å². The molecule has 0 bridgehead atoms. The van der Waals surface area contributed by atoms with E-state index in [0.29, 0.717) is 16.5 Å². The summed E-state index contributed by atoms with van der Waals surface area (Å²) in [6.07, 6.45) is 2.64. The van der Waals surface area contributed by atoms with E-state index in [-0.39, 0.29) is 0 Å². The van der Waals surface area contributed by atoms with Gasteiger partial charge in [0, 0.05) is 12.7 Å². The van der Waals surface area contributed by atoms with Gasteiger partial charge in [-0.2, -0.15) is 0 Å². The first kappa shape index (κ1) is 12.7. The molecule has 94 valence electrons. The van der Waals surface area contributed by atoms with Crippen molar-refractivity contribution in [3.63, 3.8) is 0 Å². The van der Waals surface area contributed by atoms with Crippen LogP contribution in [0.4, 0.5) is 17.2 Å². The predicted octanol–water partition coefficient (Wildman–Crippen LogP) is 3.65. The van der Waals surface area contributed by atoms with E-state index in [4.69, 9.17) is 17.3 Å². The average Bonchev–Trinajstić information content (AvgIpc) is 2.38. The number of aryl methyl sites for hydroxylation is 1. The molecule has 3 nitrogen and oxygen atoms in total. The van der Waals surface area contributed by atoms with Gasteiger partial charge in [-0.05, 0) is 30.2 Å². The van der Waals surface area contributed by atoms with Crippen molar-refractivity contribution < 1.29 is 0 Å². The van der Waals surface area contributed by atoms with E-state index in [1.54, 1.807) is 12.3 Å². The highest BCUT2D eigenvalue weighted by Crippen LogP contribution is 2.29. The molecule has 0 aliphatic heterocycles. The summed E-state index contributed by atoms with van der Waals surface area (Å²) in [5.41, 5.74) is 8.56. The maximum absolute atomic E-state index is 6.15. The molecule has 0 atom stereocenters. The van der Waals surface area contributed by atoms with Gasteiger partial charge in [-0.25, -0.2) is 4.98 Å². The third-order valence-corrected chi connectivity index (χ3v) is 3.17. The fraction of sp³-hybridized carbons (Fsp3) is 0.214. The van der Waals surface area contributed by atoms with Crippen molar-refractivity contribution >= 4 is 28.8 Å². The Morgan fingerprint density at radius 2 is 1.94 bits per heavy atom. The number of nitrogens with zero attached hydrogens (tertiary/aromatic N) is 2. The monoisotopic (exact) mass is 261 g/mol. The van der Waals surface area contributed by atoms with Crippen LogP contribution in [-0.2, 0) is 6.42 Å². The van der Waals surface area contributed by atoms with Gasteiger partial charge in [-0.3, -0.25) is 0 Å². The van der Waals surface area contributed by atoms with E-state index < -0.39 is 0 Å². The van der Waals surface area contributed by atoms with Crippen molar-refractivity contribution in [1.29, 1.82) is 0 Å². The van der Waals surface area contributed by atoms with Gasteiger partial charge < -0.3 is 10.6 Å². The SMILES string of the molecule is CCc1ccc(N(C)c2ncc(N)cc2Cl)cc1. The van der Waals surface area contributed by atoms with Crippen molar-refractivity contribution in [2.45, 2.75) is 13.3 Å². The number of pyridine rings is 1. The van der Waals surface area contributed by atoms with Gasteiger partial charge in [0.2, 0.25) is 0 Å². The number of anilines is 3. The molecule has 0 radical (unpaired) electrons. The highest BCUT2D eigenvalue weighted by molar-refractivity contribution is 6.33. The molecule has 4 heteroatoms. The Balaban J connectivity index is 2.31. The molecule has 0 saturated heterocycles. The Labute approximate surface area is 112 Å². The van der Waals surface area contributed by atoms with Gasteiger partial charge in [0.25, 0.3) is 0 Å². The first-order chi connectivity index (χ1) is 8.61. The summed E-state index contributed by atoms with van der Waals surface area (Å²) in [7, 11) is 1.94. The van der Waals surface area contributed by atoms with Crippen LogP contribution in [0.1, 0.15) is 12.5 Å². The molecule has 0 spiro atoms. The second-order valence-corrected chi connectivity index (χ2v) is 4.56. The van der Waals surface area contributed by atoms with Gasteiger partial charge in [-0.1, -0.05) is 30.7 Å². The molecule has 0 aliphatic carbocycles. The largest absolute Gasteiger partial charge is 0.397 e. The Morgan fingerprint density at radius 1 is 1.28 bits per heavy atom. The number of hydrogen-bond acceptors (Lipinski definition) is 3. The van der Waals surface area contributed by atoms with Crippen molar-refractivity contribution in [3.8, 4) is 0 Å². The summed E-state index contributed by atoms with van der Waals surface area (Å²) in [4.78, 5) is 6.21. The van der Waals surface area contributed by atoms with Crippen LogP contribution in [0.25, 0.3) is 0 Å². The van der Waals surface area contributed by atoms with Crippen LogP contribution in [0.2, 0.25) is 5.02 Å². The predicted molar refractivity (Wildman–Crippen MR) is 77.5 cm³/mol. The zero-order valence-electron chi connectivity index (χ0n) is 10.5. The average molecular weight is 262 g/mol. The van der Waals surface area contributed by atoms with Gasteiger partial charge in [-0.15, -0.1) is 0 Å². The lowest BCUT2D eigenvalue weighted by Crippen LogP contribution is -2.12. The Hall–Kier alpha value is -1.74. The lowest BCUT2D eigenvalue weighted by molar-refractivity contribution is 1.11. The Bertz CT molecular complexity index is 537. The van der Waals surface area contributed by atoms with Crippen LogP contribution >= 0.6 is 11.6 Å².